The summed E-state index contributed by atoms with van der Waals surface area (Å²) in [5, 5.41) is 2.94. The highest BCUT2D eigenvalue weighted by Gasteiger charge is 2.19. The van der Waals surface area contributed by atoms with E-state index in [2.05, 4.69) is 5.32 Å². The lowest BCUT2D eigenvalue weighted by atomic mass is 10.1. The normalized spacial score (nSPS) is 15.0. The maximum Gasteiger partial charge on any atom is 0.268 e. The van der Waals surface area contributed by atoms with Gasteiger partial charge >= 0.3 is 0 Å². The third-order valence-corrected chi connectivity index (χ3v) is 5.10. The lowest BCUT2D eigenvalue weighted by Crippen LogP contribution is -2.28. The van der Waals surface area contributed by atoms with Crippen LogP contribution in [0.25, 0.3) is 0 Å². The second-order valence-electron chi connectivity index (χ2n) is 7.18. The highest BCUT2D eigenvalue weighted by atomic mass is 19.1. The Hall–Kier alpha value is -2.63. The minimum Gasteiger partial charge on any atom is -0.346 e. The Morgan fingerprint density at radius 2 is 1.85 bits per heavy atom. The van der Waals surface area contributed by atoms with E-state index in [0.29, 0.717) is 18.5 Å². The summed E-state index contributed by atoms with van der Waals surface area (Å²) in [5.41, 5.74) is 2.37. The summed E-state index contributed by atoms with van der Waals surface area (Å²) in [6.07, 6.45) is 5.18. The van der Waals surface area contributed by atoms with Crippen molar-refractivity contribution in [2.45, 2.75) is 38.6 Å². The zero-order valence-electron chi connectivity index (χ0n) is 15.9. The van der Waals surface area contributed by atoms with Crippen molar-refractivity contribution in [1.82, 2.24) is 14.8 Å². The SMILES string of the molecule is CC(NC(=O)c1cc(CCC(=O)N2CCCC2)cn1C)c1ccc(F)cc1. The van der Waals surface area contributed by atoms with E-state index in [4.69, 9.17) is 0 Å². The number of nitrogens with one attached hydrogen (secondary N) is 1. The van der Waals surface area contributed by atoms with Crippen LogP contribution in [0.5, 0.6) is 0 Å². The number of hydrogen-bond acceptors (Lipinski definition) is 2. The number of amides is 2. The van der Waals surface area contributed by atoms with Crippen molar-refractivity contribution in [2.24, 2.45) is 7.05 Å². The third-order valence-electron chi connectivity index (χ3n) is 5.10. The molecule has 1 fully saturated rings. The summed E-state index contributed by atoms with van der Waals surface area (Å²) >= 11 is 0. The highest BCUT2D eigenvalue weighted by Crippen LogP contribution is 2.16. The summed E-state index contributed by atoms with van der Waals surface area (Å²) < 4.78 is 14.8. The molecule has 2 amide bonds. The van der Waals surface area contributed by atoms with Gasteiger partial charge in [-0.2, -0.15) is 0 Å². The minimum absolute atomic E-state index is 0.187. The first kappa shape index (κ1) is 19.1. The maximum atomic E-state index is 13.0. The third kappa shape index (κ3) is 4.76. The predicted molar refractivity (Wildman–Crippen MR) is 102 cm³/mol. The lowest BCUT2D eigenvalue weighted by Gasteiger charge is -2.14. The first-order valence-electron chi connectivity index (χ1n) is 9.43. The zero-order chi connectivity index (χ0) is 19.4. The van der Waals surface area contributed by atoms with Gasteiger partial charge in [0.2, 0.25) is 5.91 Å². The molecule has 1 atom stereocenters. The van der Waals surface area contributed by atoms with Gasteiger partial charge in [-0.05, 0) is 55.5 Å². The van der Waals surface area contributed by atoms with Gasteiger partial charge in [-0.15, -0.1) is 0 Å². The van der Waals surface area contributed by atoms with Crippen molar-refractivity contribution < 1.29 is 14.0 Å². The number of halogens is 1. The van der Waals surface area contributed by atoms with E-state index in [1.54, 1.807) is 16.7 Å². The molecule has 6 heteroatoms. The molecule has 0 spiro atoms. The van der Waals surface area contributed by atoms with Gasteiger partial charge in [0.05, 0.1) is 6.04 Å². The molecule has 1 saturated heterocycles. The van der Waals surface area contributed by atoms with Crippen LogP contribution in [0.2, 0.25) is 0 Å². The van der Waals surface area contributed by atoms with Crippen LogP contribution in [0.1, 0.15) is 53.8 Å². The van der Waals surface area contributed by atoms with Crippen molar-refractivity contribution in [3.8, 4) is 0 Å². The number of likely N-dealkylation sites (tertiary alicyclic amines) is 1. The van der Waals surface area contributed by atoms with Crippen LogP contribution >= 0.6 is 0 Å². The van der Waals surface area contributed by atoms with Crippen LogP contribution in [-0.2, 0) is 18.3 Å². The molecule has 1 N–H and O–H groups in total. The first-order valence-corrected chi connectivity index (χ1v) is 9.43. The zero-order valence-corrected chi connectivity index (χ0v) is 15.9. The Kier molecular flexibility index (Phi) is 5.94. The first-order chi connectivity index (χ1) is 12.9. The second-order valence-corrected chi connectivity index (χ2v) is 7.18. The topological polar surface area (TPSA) is 54.3 Å². The largest absolute Gasteiger partial charge is 0.346 e. The van der Waals surface area contributed by atoms with E-state index >= 15 is 0 Å². The van der Waals surface area contributed by atoms with Crippen molar-refractivity contribution in [1.29, 1.82) is 0 Å². The molecule has 144 valence electrons. The van der Waals surface area contributed by atoms with Crippen LogP contribution < -0.4 is 5.32 Å². The van der Waals surface area contributed by atoms with Gasteiger partial charge < -0.3 is 14.8 Å². The van der Waals surface area contributed by atoms with Crippen molar-refractivity contribution in [3.05, 3.63) is 59.2 Å². The quantitative estimate of drug-likeness (QED) is 0.848. The molecular formula is C21H26FN3O2. The number of carbonyl (C=O) groups is 2. The number of aromatic nitrogens is 1. The molecule has 1 aromatic heterocycles. The molecule has 27 heavy (non-hydrogen) atoms. The molecule has 2 heterocycles. The van der Waals surface area contributed by atoms with Crippen molar-refractivity contribution >= 4 is 11.8 Å². The Morgan fingerprint density at radius 1 is 1.19 bits per heavy atom. The fourth-order valence-electron chi connectivity index (χ4n) is 3.48. The van der Waals surface area contributed by atoms with Crippen LogP contribution in [0, 0.1) is 5.82 Å². The fourth-order valence-corrected chi connectivity index (χ4v) is 3.48. The number of benzene rings is 1. The van der Waals surface area contributed by atoms with Crippen LogP contribution in [-0.4, -0.2) is 34.4 Å². The minimum atomic E-state index is -0.298. The Morgan fingerprint density at radius 3 is 2.52 bits per heavy atom. The summed E-state index contributed by atoms with van der Waals surface area (Å²) in [6, 6.07) is 7.71. The highest BCUT2D eigenvalue weighted by molar-refractivity contribution is 5.93. The van der Waals surface area contributed by atoms with Gasteiger partial charge in [-0.1, -0.05) is 12.1 Å². The van der Waals surface area contributed by atoms with E-state index < -0.39 is 0 Å². The van der Waals surface area contributed by atoms with Gasteiger partial charge in [-0.25, -0.2) is 4.39 Å². The number of carbonyl (C=O) groups excluding carboxylic acids is 2. The molecular weight excluding hydrogens is 345 g/mol. The molecule has 3 rings (SSSR count). The molecule has 0 bridgehead atoms. The number of aryl methyl sites for hydroxylation is 2. The van der Waals surface area contributed by atoms with Gasteiger partial charge in [0.25, 0.3) is 5.91 Å². The number of nitrogens with zero attached hydrogens (tertiary/aromatic N) is 2. The molecule has 1 aliphatic heterocycles. The molecule has 0 radical (unpaired) electrons. The Balaban J connectivity index is 1.58. The monoisotopic (exact) mass is 371 g/mol. The Labute approximate surface area is 159 Å². The standard InChI is InChI=1S/C21H26FN3O2/c1-15(17-6-8-18(22)9-7-17)23-21(27)19-13-16(14-24(19)2)5-10-20(26)25-11-3-4-12-25/h6-9,13-15H,3-5,10-12H2,1-2H3,(H,23,27). The average Bonchev–Trinajstić information content (AvgIpc) is 3.30. The second kappa shape index (κ2) is 8.37. The smallest absolute Gasteiger partial charge is 0.268 e. The van der Waals surface area contributed by atoms with Gasteiger partial charge in [-0.3, -0.25) is 9.59 Å². The van der Waals surface area contributed by atoms with Crippen LogP contribution in [0.4, 0.5) is 4.39 Å². The molecule has 2 aromatic rings. The van der Waals surface area contributed by atoms with Crippen molar-refractivity contribution in [3.63, 3.8) is 0 Å². The molecule has 0 aliphatic carbocycles. The summed E-state index contributed by atoms with van der Waals surface area (Å²) in [4.78, 5) is 26.7. The van der Waals surface area contributed by atoms with Gasteiger partial charge in [0.1, 0.15) is 11.5 Å². The summed E-state index contributed by atoms with van der Waals surface area (Å²) in [5.74, 6) is -0.299. The van der Waals surface area contributed by atoms with E-state index in [-0.39, 0.29) is 23.7 Å². The average molecular weight is 371 g/mol. The van der Waals surface area contributed by atoms with Crippen molar-refractivity contribution in [2.75, 3.05) is 13.1 Å². The van der Waals surface area contributed by atoms with Crippen LogP contribution in [0.3, 0.4) is 0 Å². The number of hydrogen-bond donors (Lipinski definition) is 1. The van der Waals surface area contributed by atoms with Gasteiger partial charge in [0, 0.05) is 32.8 Å². The predicted octanol–water partition coefficient (Wildman–Crippen LogP) is 3.21. The molecule has 0 saturated carbocycles. The summed E-state index contributed by atoms with van der Waals surface area (Å²) in [6.45, 7) is 3.59. The Bertz CT molecular complexity index is 807. The van der Waals surface area contributed by atoms with Gasteiger partial charge in [0.15, 0.2) is 0 Å². The van der Waals surface area contributed by atoms with E-state index in [9.17, 15) is 14.0 Å². The lowest BCUT2D eigenvalue weighted by molar-refractivity contribution is -0.130. The van der Waals surface area contributed by atoms with Crippen LogP contribution in [0.15, 0.2) is 36.5 Å². The summed E-state index contributed by atoms with van der Waals surface area (Å²) in [7, 11) is 1.82. The van der Waals surface area contributed by atoms with E-state index in [0.717, 1.165) is 37.1 Å². The molecule has 1 aliphatic rings. The van der Waals surface area contributed by atoms with E-state index in [1.165, 1.54) is 12.1 Å². The molecule has 1 aromatic carbocycles. The molecule has 5 nitrogen and oxygen atoms in total. The fraction of sp³-hybridized carbons (Fsp3) is 0.429. The number of rotatable bonds is 6. The molecule has 1 unspecified atom stereocenters. The maximum absolute atomic E-state index is 13.0. The van der Waals surface area contributed by atoms with E-state index in [1.807, 2.05) is 31.1 Å².